The van der Waals surface area contributed by atoms with Crippen molar-refractivity contribution in [3.05, 3.63) is 53.6 Å². The average molecular weight is 452 g/mol. The maximum Gasteiger partial charge on any atom is 0.257 e. The van der Waals surface area contributed by atoms with E-state index in [1.807, 2.05) is 0 Å². The summed E-state index contributed by atoms with van der Waals surface area (Å²) in [6.07, 6.45) is 5.60. The number of alkyl halides is 2. The van der Waals surface area contributed by atoms with Crippen LogP contribution in [-0.2, 0) is 6.42 Å². The van der Waals surface area contributed by atoms with E-state index in [0.29, 0.717) is 36.2 Å². The van der Waals surface area contributed by atoms with Gasteiger partial charge in [0.15, 0.2) is 11.6 Å². The van der Waals surface area contributed by atoms with Crippen LogP contribution in [0.1, 0.15) is 30.4 Å². The van der Waals surface area contributed by atoms with Gasteiger partial charge in [0.1, 0.15) is 12.1 Å². The number of anilines is 2. The number of halogens is 4. The van der Waals surface area contributed by atoms with Gasteiger partial charge in [0.05, 0.1) is 22.8 Å². The van der Waals surface area contributed by atoms with Crippen LogP contribution < -0.4 is 4.90 Å². The molecule has 2 aliphatic rings. The number of rotatable bonds is 1. The highest BCUT2D eigenvalue weighted by atomic mass is 19.3. The fourth-order valence-corrected chi connectivity index (χ4v) is 4.55. The van der Waals surface area contributed by atoms with E-state index in [-0.39, 0.29) is 35.7 Å². The molecule has 0 N–H and O–H groups in total. The topological polar surface area (TPSA) is 59.2 Å². The molecule has 1 fully saturated rings. The molecule has 0 spiro atoms. The Kier molecular flexibility index (Phi) is 4.30. The molecule has 6 rings (SSSR count). The van der Waals surface area contributed by atoms with Crippen LogP contribution in [0.4, 0.5) is 29.1 Å². The normalized spacial score (nSPS) is 17.5. The summed E-state index contributed by atoms with van der Waals surface area (Å²) in [6.45, 7) is 0.503. The van der Waals surface area contributed by atoms with Crippen LogP contribution in [-0.4, -0.2) is 37.0 Å². The molecule has 0 saturated heterocycles. The van der Waals surface area contributed by atoms with Crippen molar-refractivity contribution in [1.29, 1.82) is 0 Å². The molecule has 10 heteroatoms. The summed E-state index contributed by atoms with van der Waals surface area (Å²) in [5.74, 6) is 1.46. The van der Waals surface area contributed by atoms with Crippen molar-refractivity contribution in [1.82, 2.24) is 24.6 Å². The fraction of sp³-hybridized carbons (Fsp3) is 0.304. The van der Waals surface area contributed by atoms with Gasteiger partial charge in [0.2, 0.25) is 0 Å². The standard InChI is InChI=1S/C23H16F4N6/c24-16-5-6-17-19(20(16)25)21(30-22-31-29-12-33(17)22)32-7-1-2-15-14(10-28-11-18(15)32)4-3-13-8-23(26,27)9-13/h5-6,10-13H,1-2,7-9H2. The number of nitrogens with zero attached hydrogens (tertiary/aromatic N) is 6. The van der Waals surface area contributed by atoms with E-state index in [9.17, 15) is 13.2 Å². The predicted molar refractivity (Wildman–Crippen MR) is 112 cm³/mol. The molecule has 0 bridgehead atoms. The first-order valence-corrected chi connectivity index (χ1v) is 10.5. The molecule has 1 aromatic carbocycles. The Balaban J connectivity index is 1.49. The van der Waals surface area contributed by atoms with E-state index in [4.69, 9.17) is 0 Å². The Labute approximate surface area is 185 Å². The summed E-state index contributed by atoms with van der Waals surface area (Å²) in [5, 5.41) is 7.85. The van der Waals surface area contributed by atoms with Gasteiger partial charge in [0, 0.05) is 37.1 Å². The minimum absolute atomic E-state index is 0.0170. The minimum atomic E-state index is -2.63. The first-order chi connectivity index (χ1) is 15.9. The third-order valence-electron chi connectivity index (χ3n) is 6.18. The molecule has 0 unspecified atom stereocenters. The van der Waals surface area contributed by atoms with E-state index in [1.165, 1.54) is 16.8 Å². The molecule has 0 atom stereocenters. The maximum absolute atomic E-state index is 15.0. The van der Waals surface area contributed by atoms with E-state index in [0.717, 1.165) is 11.6 Å². The lowest BCUT2D eigenvalue weighted by Crippen LogP contribution is -2.34. The molecule has 6 nitrogen and oxygen atoms in total. The zero-order valence-corrected chi connectivity index (χ0v) is 17.2. The lowest BCUT2D eigenvalue weighted by molar-refractivity contribution is -0.0936. The average Bonchev–Trinajstić information content (AvgIpc) is 3.26. The quantitative estimate of drug-likeness (QED) is 0.316. The largest absolute Gasteiger partial charge is 0.324 e. The van der Waals surface area contributed by atoms with Gasteiger partial charge in [0.25, 0.3) is 11.7 Å². The second kappa shape index (κ2) is 7.13. The van der Waals surface area contributed by atoms with Crippen LogP contribution in [0.2, 0.25) is 0 Å². The number of hydrogen-bond donors (Lipinski definition) is 0. The van der Waals surface area contributed by atoms with Crippen LogP contribution in [0.15, 0.2) is 30.9 Å². The van der Waals surface area contributed by atoms with E-state index in [2.05, 4.69) is 32.0 Å². The molecule has 1 aliphatic carbocycles. The van der Waals surface area contributed by atoms with Crippen molar-refractivity contribution < 1.29 is 17.6 Å². The Morgan fingerprint density at radius 2 is 1.97 bits per heavy atom. The summed E-state index contributed by atoms with van der Waals surface area (Å²) in [6, 6.07) is 2.53. The number of fused-ring (bicyclic) bond motifs is 4. The van der Waals surface area contributed by atoms with E-state index >= 15 is 4.39 Å². The lowest BCUT2D eigenvalue weighted by Gasteiger charge is -2.32. The van der Waals surface area contributed by atoms with Crippen molar-refractivity contribution in [3.8, 4) is 11.8 Å². The first kappa shape index (κ1) is 19.9. The van der Waals surface area contributed by atoms with Crippen LogP contribution in [0.3, 0.4) is 0 Å². The molecule has 0 amide bonds. The molecular formula is C23H16F4N6. The highest BCUT2D eigenvalue weighted by Gasteiger charge is 2.44. The smallest absolute Gasteiger partial charge is 0.257 e. The van der Waals surface area contributed by atoms with Crippen molar-refractivity contribution in [2.75, 3.05) is 11.4 Å². The Morgan fingerprint density at radius 1 is 1.12 bits per heavy atom. The Bertz CT molecular complexity index is 1480. The predicted octanol–water partition coefficient (Wildman–Crippen LogP) is 4.43. The molecule has 4 aromatic rings. The van der Waals surface area contributed by atoms with Gasteiger partial charge >= 0.3 is 0 Å². The fourth-order valence-electron chi connectivity index (χ4n) is 4.55. The van der Waals surface area contributed by atoms with Gasteiger partial charge in [-0.05, 0) is 30.5 Å². The second-order valence-electron chi connectivity index (χ2n) is 8.36. The van der Waals surface area contributed by atoms with Crippen LogP contribution in [0.25, 0.3) is 16.7 Å². The SMILES string of the molecule is Fc1ccc2c(c(N3CCCc4c(C#CC5CC(F)(F)C5)cncc43)nc3nncn32)c1F. The highest BCUT2D eigenvalue weighted by molar-refractivity contribution is 5.94. The van der Waals surface area contributed by atoms with Gasteiger partial charge in [-0.3, -0.25) is 9.38 Å². The minimum Gasteiger partial charge on any atom is -0.324 e. The number of hydrogen-bond acceptors (Lipinski definition) is 5. The van der Waals surface area contributed by atoms with Crippen molar-refractivity contribution in [2.45, 2.75) is 31.6 Å². The van der Waals surface area contributed by atoms with Gasteiger partial charge in [-0.15, -0.1) is 10.2 Å². The van der Waals surface area contributed by atoms with Gasteiger partial charge in [-0.1, -0.05) is 11.8 Å². The van der Waals surface area contributed by atoms with Gasteiger partial charge in [-0.2, -0.15) is 4.98 Å². The Hall–Kier alpha value is -3.74. The molecule has 1 aliphatic heterocycles. The molecule has 33 heavy (non-hydrogen) atoms. The third kappa shape index (κ3) is 3.18. The number of pyridine rings is 1. The molecule has 0 radical (unpaired) electrons. The molecule has 166 valence electrons. The van der Waals surface area contributed by atoms with Crippen LogP contribution in [0.5, 0.6) is 0 Å². The highest BCUT2D eigenvalue weighted by Crippen LogP contribution is 2.42. The monoisotopic (exact) mass is 452 g/mol. The van der Waals surface area contributed by atoms with Crippen molar-refractivity contribution in [3.63, 3.8) is 0 Å². The third-order valence-corrected chi connectivity index (χ3v) is 6.18. The Morgan fingerprint density at radius 3 is 2.79 bits per heavy atom. The number of aromatic nitrogens is 5. The zero-order chi connectivity index (χ0) is 22.7. The molecule has 3 aromatic heterocycles. The lowest BCUT2D eigenvalue weighted by atomic mass is 9.82. The first-order valence-electron chi connectivity index (χ1n) is 10.5. The summed E-state index contributed by atoms with van der Waals surface area (Å²) in [7, 11) is 0. The molecule has 4 heterocycles. The van der Waals surface area contributed by atoms with E-state index in [1.54, 1.807) is 17.3 Å². The van der Waals surface area contributed by atoms with E-state index < -0.39 is 17.6 Å². The van der Waals surface area contributed by atoms with Crippen LogP contribution in [0, 0.1) is 29.4 Å². The maximum atomic E-state index is 15.0. The second-order valence-corrected chi connectivity index (χ2v) is 8.36. The number of benzene rings is 1. The summed E-state index contributed by atoms with van der Waals surface area (Å²) >= 11 is 0. The summed E-state index contributed by atoms with van der Waals surface area (Å²) in [4.78, 5) is 10.6. The molecule has 1 saturated carbocycles. The summed E-state index contributed by atoms with van der Waals surface area (Å²) < 4.78 is 57.0. The molecular weight excluding hydrogens is 436 g/mol. The summed E-state index contributed by atoms with van der Waals surface area (Å²) in [5.41, 5.74) is 2.59. The van der Waals surface area contributed by atoms with Crippen molar-refractivity contribution in [2.24, 2.45) is 5.92 Å². The van der Waals surface area contributed by atoms with Crippen molar-refractivity contribution >= 4 is 28.2 Å². The van der Waals surface area contributed by atoms with Crippen LogP contribution >= 0.6 is 0 Å². The zero-order valence-electron chi connectivity index (χ0n) is 17.2. The van der Waals surface area contributed by atoms with Gasteiger partial charge < -0.3 is 4.90 Å². The van der Waals surface area contributed by atoms with Gasteiger partial charge in [-0.25, -0.2) is 17.6 Å².